The van der Waals surface area contributed by atoms with Gasteiger partial charge in [0.1, 0.15) is 0 Å². The summed E-state index contributed by atoms with van der Waals surface area (Å²) < 4.78 is 0. The standard InChI is InChI=1S/C26H38/c1-15-13-21(25(7,8)9)19(5)23(17(15)3)24-18(4)16(2)14-22(20(24)6)26(10,11)12/h13-14H,1-12H3. The maximum atomic E-state index is 2.40. The van der Waals surface area contributed by atoms with E-state index < -0.39 is 0 Å². The molecular formula is C26H38. The molecule has 0 radical (unpaired) electrons. The molecule has 0 saturated heterocycles. The van der Waals surface area contributed by atoms with Crippen LogP contribution < -0.4 is 0 Å². The first-order valence-corrected chi connectivity index (χ1v) is 9.90. The molecule has 0 fully saturated rings. The maximum Gasteiger partial charge on any atom is -0.0114 e. The molecule has 0 heteroatoms. The third-order valence-corrected chi connectivity index (χ3v) is 6.08. The van der Waals surface area contributed by atoms with E-state index in [0.29, 0.717) is 0 Å². The van der Waals surface area contributed by atoms with Gasteiger partial charge in [-0.15, -0.1) is 0 Å². The molecule has 2 aromatic carbocycles. The molecular weight excluding hydrogens is 312 g/mol. The van der Waals surface area contributed by atoms with Crippen LogP contribution in [-0.4, -0.2) is 0 Å². The molecule has 0 heterocycles. The van der Waals surface area contributed by atoms with Crippen LogP contribution in [0.4, 0.5) is 0 Å². The molecule has 2 aromatic rings. The normalized spacial score (nSPS) is 12.6. The van der Waals surface area contributed by atoms with E-state index in [2.05, 4.69) is 95.2 Å². The fourth-order valence-electron chi connectivity index (χ4n) is 4.40. The van der Waals surface area contributed by atoms with E-state index in [9.17, 15) is 0 Å². The fourth-order valence-corrected chi connectivity index (χ4v) is 4.40. The second-order valence-electron chi connectivity index (χ2n) is 10.2. The molecule has 0 N–H and O–H groups in total. The lowest BCUT2D eigenvalue weighted by Crippen LogP contribution is -2.17. The third-order valence-electron chi connectivity index (χ3n) is 6.08. The lowest BCUT2D eigenvalue weighted by atomic mass is 9.74. The van der Waals surface area contributed by atoms with Gasteiger partial charge in [-0.3, -0.25) is 0 Å². The van der Waals surface area contributed by atoms with Crippen LogP contribution in [0.5, 0.6) is 0 Å². The van der Waals surface area contributed by atoms with E-state index in [1.54, 1.807) is 0 Å². The first-order valence-electron chi connectivity index (χ1n) is 9.90. The van der Waals surface area contributed by atoms with Crippen molar-refractivity contribution in [2.75, 3.05) is 0 Å². The Hall–Kier alpha value is -1.56. The van der Waals surface area contributed by atoms with Crippen LogP contribution in [0.2, 0.25) is 0 Å². The van der Waals surface area contributed by atoms with Crippen molar-refractivity contribution in [1.82, 2.24) is 0 Å². The van der Waals surface area contributed by atoms with Gasteiger partial charge in [0.25, 0.3) is 0 Å². The van der Waals surface area contributed by atoms with E-state index >= 15 is 0 Å². The highest BCUT2D eigenvalue weighted by atomic mass is 14.3. The fraction of sp³-hybridized carbons (Fsp3) is 0.538. The summed E-state index contributed by atoms with van der Waals surface area (Å²) in [5, 5.41) is 0. The Morgan fingerprint density at radius 1 is 0.462 bits per heavy atom. The van der Waals surface area contributed by atoms with Gasteiger partial charge >= 0.3 is 0 Å². The van der Waals surface area contributed by atoms with E-state index in [4.69, 9.17) is 0 Å². The second kappa shape index (κ2) is 6.55. The highest BCUT2D eigenvalue weighted by Crippen LogP contribution is 2.42. The molecule has 0 aromatic heterocycles. The summed E-state index contributed by atoms with van der Waals surface area (Å²) in [5.74, 6) is 0. The molecule has 0 unspecified atom stereocenters. The first-order chi connectivity index (χ1) is 11.7. The van der Waals surface area contributed by atoms with Crippen LogP contribution in [0.15, 0.2) is 12.1 Å². The molecule has 0 amide bonds. The van der Waals surface area contributed by atoms with Gasteiger partial charge < -0.3 is 0 Å². The first kappa shape index (κ1) is 20.7. The van der Waals surface area contributed by atoms with Gasteiger partial charge in [0.2, 0.25) is 0 Å². The Bertz CT molecular complexity index is 776. The summed E-state index contributed by atoms with van der Waals surface area (Å²) in [4.78, 5) is 0. The molecule has 2 rings (SSSR count). The molecule has 0 aliphatic heterocycles. The Kier molecular flexibility index (Phi) is 5.23. The minimum absolute atomic E-state index is 0.149. The zero-order valence-electron chi connectivity index (χ0n) is 19.2. The van der Waals surface area contributed by atoms with Gasteiger partial charge in [0, 0.05) is 0 Å². The van der Waals surface area contributed by atoms with Crippen molar-refractivity contribution in [1.29, 1.82) is 0 Å². The van der Waals surface area contributed by atoms with E-state index in [-0.39, 0.29) is 10.8 Å². The van der Waals surface area contributed by atoms with E-state index in [0.717, 1.165) is 0 Å². The summed E-state index contributed by atoms with van der Waals surface area (Å²) in [6.45, 7) is 27.7. The summed E-state index contributed by atoms with van der Waals surface area (Å²) in [6, 6.07) is 4.80. The zero-order chi connectivity index (χ0) is 20.2. The van der Waals surface area contributed by atoms with Gasteiger partial charge in [0.05, 0.1) is 0 Å². The van der Waals surface area contributed by atoms with Crippen molar-refractivity contribution in [3.63, 3.8) is 0 Å². The van der Waals surface area contributed by atoms with E-state index in [1.807, 2.05) is 0 Å². The lowest BCUT2D eigenvalue weighted by molar-refractivity contribution is 0.584. The SMILES string of the molecule is Cc1cc(C(C)(C)C)c(C)c(-c2c(C)c(C)cc(C(C)(C)C)c2C)c1C. The summed E-state index contributed by atoms with van der Waals surface area (Å²) in [5.41, 5.74) is 14.7. The maximum absolute atomic E-state index is 2.40. The van der Waals surface area contributed by atoms with Crippen molar-refractivity contribution < 1.29 is 0 Å². The quantitative estimate of drug-likeness (QED) is 0.492. The van der Waals surface area contributed by atoms with Crippen LogP contribution in [0.3, 0.4) is 0 Å². The molecule has 142 valence electrons. The number of benzene rings is 2. The van der Waals surface area contributed by atoms with Crippen LogP contribution >= 0.6 is 0 Å². The molecule has 0 bridgehead atoms. The number of hydrogen-bond donors (Lipinski definition) is 0. The Labute approximate surface area is 162 Å². The largest absolute Gasteiger partial charge is 0.0561 e. The molecule has 0 nitrogen and oxygen atoms in total. The van der Waals surface area contributed by atoms with Crippen molar-refractivity contribution in [2.24, 2.45) is 0 Å². The number of aryl methyl sites for hydroxylation is 2. The average Bonchev–Trinajstić information content (AvgIpc) is 2.47. The predicted octanol–water partition coefficient (Wildman–Crippen LogP) is 7.80. The Morgan fingerprint density at radius 3 is 0.962 bits per heavy atom. The average molecular weight is 351 g/mol. The Balaban J connectivity index is 3.03. The summed E-state index contributed by atoms with van der Waals surface area (Å²) in [6.07, 6.45) is 0. The van der Waals surface area contributed by atoms with Gasteiger partial charge in [-0.25, -0.2) is 0 Å². The smallest absolute Gasteiger partial charge is 0.0114 e. The van der Waals surface area contributed by atoms with Crippen LogP contribution in [0.25, 0.3) is 11.1 Å². The van der Waals surface area contributed by atoms with Crippen molar-refractivity contribution in [3.8, 4) is 11.1 Å². The topological polar surface area (TPSA) is 0 Å². The zero-order valence-corrected chi connectivity index (χ0v) is 19.2. The second-order valence-corrected chi connectivity index (χ2v) is 10.2. The van der Waals surface area contributed by atoms with Gasteiger partial charge in [-0.1, -0.05) is 53.7 Å². The van der Waals surface area contributed by atoms with Crippen molar-refractivity contribution in [3.05, 3.63) is 56.6 Å². The summed E-state index contributed by atoms with van der Waals surface area (Å²) in [7, 11) is 0. The van der Waals surface area contributed by atoms with Gasteiger partial charge in [-0.05, 0) is 108 Å². The van der Waals surface area contributed by atoms with Crippen molar-refractivity contribution >= 4 is 0 Å². The number of rotatable bonds is 1. The van der Waals surface area contributed by atoms with E-state index in [1.165, 1.54) is 55.6 Å². The van der Waals surface area contributed by atoms with Gasteiger partial charge in [0.15, 0.2) is 0 Å². The monoisotopic (exact) mass is 350 g/mol. The minimum Gasteiger partial charge on any atom is -0.0561 e. The molecule has 0 atom stereocenters. The molecule has 0 aliphatic carbocycles. The molecule has 0 saturated carbocycles. The number of hydrogen-bond acceptors (Lipinski definition) is 0. The highest BCUT2D eigenvalue weighted by Gasteiger charge is 2.26. The van der Waals surface area contributed by atoms with Crippen LogP contribution in [-0.2, 0) is 10.8 Å². The minimum atomic E-state index is 0.149. The Morgan fingerprint density at radius 2 is 0.731 bits per heavy atom. The lowest BCUT2D eigenvalue weighted by Gasteiger charge is -2.30. The predicted molar refractivity (Wildman–Crippen MR) is 118 cm³/mol. The molecule has 26 heavy (non-hydrogen) atoms. The van der Waals surface area contributed by atoms with Gasteiger partial charge in [-0.2, -0.15) is 0 Å². The van der Waals surface area contributed by atoms with Crippen LogP contribution in [0, 0.1) is 41.5 Å². The third kappa shape index (κ3) is 3.48. The highest BCUT2D eigenvalue weighted by molar-refractivity contribution is 5.80. The molecule has 0 aliphatic rings. The van der Waals surface area contributed by atoms with Crippen molar-refractivity contribution in [2.45, 2.75) is 93.9 Å². The van der Waals surface area contributed by atoms with Crippen LogP contribution in [0.1, 0.15) is 86.1 Å². The summed E-state index contributed by atoms with van der Waals surface area (Å²) >= 11 is 0. The molecule has 0 spiro atoms.